The maximum Gasteiger partial charge on any atom is 0.255 e. The summed E-state index contributed by atoms with van der Waals surface area (Å²) in [4.78, 5) is 4.03. The van der Waals surface area contributed by atoms with Crippen molar-refractivity contribution in [1.82, 2.24) is 4.98 Å². The summed E-state index contributed by atoms with van der Waals surface area (Å²) in [5.74, 6) is 0.807. The summed E-state index contributed by atoms with van der Waals surface area (Å²) in [5, 5.41) is 0.679. The highest BCUT2D eigenvalue weighted by molar-refractivity contribution is 9.10. The molecule has 1 heterocycles. The maximum atomic E-state index is 5.65. The Balaban J connectivity index is 2.05. The molecule has 0 aliphatic rings. The Bertz CT molecular complexity index is 445. The summed E-state index contributed by atoms with van der Waals surface area (Å²) in [6.07, 6.45) is 3.21. The van der Waals surface area contributed by atoms with E-state index < -0.39 is 0 Å². The van der Waals surface area contributed by atoms with Gasteiger partial charge in [0.2, 0.25) is 0 Å². The number of benzene rings is 1. The van der Waals surface area contributed by atoms with E-state index in [1.165, 1.54) is 5.56 Å². The molecule has 0 fully saturated rings. The standard InChI is InChI=1S/C10H9BrN2OS/c11-9-5-8(12)2-1-7(9)6-15-10-13-3-4-14-10/h1-5H,6,12H2. The Morgan fingerprint density at radius 1 is 1.47 bits per heavy atom. The van der Waals surface area contributed by atoms with Crippen molar-refractivity contribution in [2.75, 3.05) is 5.73 Å². The first-order valence-corrected chi connectivity index (χ1v) is 6.10. The van der Waals surface area contributed by atoms with Crippen LogP contribution in [0.3, 0.4) is 0 Å². The van der Waals surface area contributed by atoms with Gasteiger partial charge in [-0.3, -0.25) is 0 Å². The molecule has 1 aromatic heterocycles. The third-order valence-corrected chi connectivity index (χ3v) is 3.48. The quantitative estimate of drug-likeness (QED) is 0.694. The predicted octanol–water partition coefficient (Wildman–Crippen LogP) is 3.31. The van der Waals surface area contributed by atoms with Gasteiger partial charge in [-0.2, -0.15) is 0 Å². The molecule has 0 saturated heterocycles. The summed E-state index contributed by atoms with van der Waals surface area (Å²) in [7, 11) is 0. The van der Waals surface area contributed by atoms with Crippen LogP contribution in [0.2, 0.25) is 0 Å². The fraction of sp³-hybridized carbons (Fsp3) is 0.100. The van der Waals surface area contributed by atoms with Crippen molar-refractivity contribution < 1.29 is 4.42 Å². The minimum Gasteiger partial charge on any atom is -0.440 e. The first kappa shape index (κ1) is 10.6. The zero-order chi connectivity index (χ0) is 10.7. The molecule has 0 atom stereocenters. The van der Waals surface area contributed by atoms with E-state index in [1.807, 2.05) is 18.2 Å². The number of aromatic nitrogens is 1. The van der Waals surface area contributed by atoms with Crippen molar-refractivity contribution in [3.05, 3.63) is 40.7 Å². The van der Waals surface area contributed by atoms with Gasteiger partial charge in [0.05, 0.1) is 6.20 Å². The number of oxazole rings is 1. The lowest BCUT2D eigenvalue weighted by Crippen LogP contribution is -1.88. The summed E-state index contributed by atoms with van der Waals surface area (Å²) in [6, 6.07) is 5.77. The van der Waals surface area contributed by atoms with E-state index in [-0.39, 0.29) is 0 Å². The molecule has 15 heavy (non-hydrogen) atoms. The van der Waals surface area contributed by atoms with Crippen LogP contribution in [0.15, 0.2) is 44.8 Å². The second kappa shape index (κ2) is 4.72. The number of nitrogens with two attached hydrogens (primary N) is 1. The fourth-order valence-corrected chi connectivity index (χ4v) is 2.61. The molecular formula is C10H9BrN2OS. The zero-order valence-corrected chi connectivity index (χ0v) is 10.2. The molecule has 2 N–H and O–H groups in total. The van der Waals surface area contributed by atoms with Crippen LogP contribution in [0.5, 0.6) is 0 Å². The molecule has 0 amide bonds. The van der Waals surface area contributed by atoms with Crippen LogP contribution in [0, 0.1) is 0 Å². The largest absolute Gasteiger partial charge is 0.440 e. The van der Waals surface area contributed by atoms with Gasteiger partial charge in [-0.05, 0) is 17.7 Å². The number of hydrogen-bond acceptors (Lipinski definition) is 4. The van der Waals surface area contributed by atoms with E-state index in [0.717, 1.165) is 15.9 Å². The Kier molecular flexibility index (Phi) is 3.33. The average molecular weight is 285 g/mol. The van der Waals surface area contributed by atoms with Crippen LogP contribution in [0.25, 0.3) is 0 Å². The number of nitrogen functional groups attached to an aromatic ring is 1. The molecule has 0 aliphatic heterocycles. The molecule has 2 rings (SSSR count). The van der Waals surface area contributed by atoms with Crippen molar-refractivity contribution in [3.63, 3.8) is 0 Å². The minimum absolute atomic E-state index is 0.679. The summed E-state index contributed by atoms with van der Waals surface area (Å²) in [5.41, 5.74) is 7.58. The van der Waals surface area contributed by atoms with Gasteiger partial charge in [0.15, 0.2) is 0 Å². The molecule has 0 saturated carbocycles. The smallest absolute Gasteiger partial charge is 0.255 e. The monoisotopic (exact) mass is 284 g/mol. The molecule has 0 aliphatic carbocycles. The van der Waals surface area contributed by atoms with Crippen LogP contribution < -0.4 is 5.73 Å². The van der Waals surface area contributed by atoms with Gasteiger partial charge in [0, 0.05) is 15.9 Å². The van der Waals surface area contributed by atoms with Crippen LogP contribution in [-0.4, -0.2) is 4.98 Å². The topological polar surface area (TPSA) is 52.0 Å². The highest BCUT2D eigenvalue weighted by atomic mass is 79.9. The van der Waals surface area contributed by atoms with Gasteiger partial charge in [-0.15, -0.1) is 0 Å². The van der Waals surface area contributed by atoms with E-state index in [4.69, 9.17) is 10.2 Å². The van der Waals surface area contributed by atoms with E-state index >= 15 is 0 Å². The van der Waals surface area contributed by atoms with E-state index in [1.54, 1.807) is 24.2 Å². The van der Waals surface area contributed by atoms with Crippen molar-refractivity contribution in [2.24, 2.45) is 0 Å². The van der Waals surface area contributed by atoms with Gasteiger partial charge in [-0.25, -0.2) is 4.98 Å². The Morgan fingerprint density at radius 2 is 2.33 bits per heavy atom. The number of nitrogens with zero attached hydrogens (tertiary/aromatic N) is 1. The van der Waals surface area contributed by atoms with Gasteiger partial charge in [0.1, 0.15) is 6.26 Å². The van der Waals surface area contributed by atoms with Crippen molar-refractivity contribution in [3.8, 4) is 0 Å². The van der Waals surface area contributed by atoms with Gasteiger partial charge < -0.3 is 10.2 Å². The summed E-state index contributed by atoms with van der Waals surface area (Å²) >= 11 is 5.02. The lowest BCUT2D eigenvalue weighted by Gasteiger charge is -2.03. The van der Waals surface area contributed by atoms with E-state index in [0.29, 0.717) is 5.22 Å². The first-order valence-electron chi connectivity index (χ1n) is 4.32. The molecule has 0 radical (unpaired) electrons. The lowest BCUT2D eigenvalue weighted by molar-refractivity contribution is 0.454. The number of thioether (sulfide) groups is 1. The second-order valence-corrected chi connectivity index (χ2v) is 4.72. The Morgan fingerprint density at radius 3 is 3.00 bits per heavy atom. The molecule has 2 aromatic rings. The Hall–Kier alpha value is -0.940. The predicted molar refractivity (Wildman–Crippen MR) is 64.6 cm³/mol. The summed E-state index contributed by atoms with van der Waals surface area (Å²) in [6.45, 7) is 0. The summed E-state index contributed by atoms with van der Waals surface area (Å²) < 4.78 is 6.15. The third kappa shape index (κ3) is 2.76. The lowest BCUT2D eigenvalue weighted by atomic mass is 10.2. The third-order valence-electron chi connectivity index (χ3n) is 1.84. The van der Waals surface area contributed by atoms with Crippen molar-refractivity contribution >= 4 is 33.4 Å². The molecule has 78 valence electrons. The number of halogens is 1. The number of hydrogen-bond donors (Lipinski definition) is 1. The number of anilines is 1. The van der Waals surface area contributed by atoms with Gasteiger partial charge in [-0.1, -0.05) is 33.8 Å². The SMILES string of the molecule is Nc1ccc(CSc2ncco2)c(Br)c1. The van der Waals surface area contributed by atoms with Crippen molar-refractivity contribution in [2.45, 2.75) is 11.0 Å². The molecular weight excluding hydrogens is 276 g/mol. The van der Waals surface area contributed by atoms with E-state index in [2.05, 4.69) is 20.9 Å². The minimum atomic E-state index is 0.679. The fourth-order valence-electron chi connectivity index (χ4n) is 1.10. The van der Waals surface area contributed by atoms with Gasteiger partial charge >= 0.3 is 0 Å². The van der Waals surface area contributed by atoms with E-state index in [9.17, 15) is 0 Å². The zero-order valence-electron chi connectivity index (χ0n) is 7.81. The van der Waals surface area contributed by atoms with Gasteiger partial charge in [0.25, 0.3) is 5.22 Å². The van der Waals surface area contributed by atoms with Crippen LogP contribution >= 0.6 is 27.7 Å². The number of rotatable bonds is 3. The molecule has 1 aromatic carbocycles. The first-order chi connectivity index (χ1) is 7.25. The van der Waals surface area contributed by atoms with Crippen LogP contribution in [0.1, 0.15) is 5.56 Å². The molecule has 0 unspecified atom stereocenters. The molecule has 0 spiro atoms. The highest BCUT2D eigenvalue weighted by Gasteiger charge is 2.03. The van der Waals surface area contributed by atoms with Crippen LogP contribution in [-0.2, 0) is 5.75 Å². The molecule has 3 nitrogen and oxygen atoms in total. The highest BCUT2D eigenvalue weighted by Crippen LogP contribution is 2.27. The van der Waals surface area contributed by atoms with Crippen molar-refractivity contribution in [1.29, 1.82) is 0 Å². The Labute approximate surface area is 100 Å². The molecule has 0 bridgehead atoms. The van der Waals surface area contributed by atoms with Crippen LogP contribution in [0.4, 0.5) is 5.69 Å². The maximum absolute atomic E-state index is 5.65. The average Bonchev–Trinajstić information content (AvgIpc) is 2.69. The second-order valence-electron chi connectivity index (χ2n) is 2.94. The molecule has 5 heteroatoms. The normalized spacial score (nSPS) is 10.5.